The van der Waals surface area contributed by atoms with Crippen molar-refractivity contribution < 1.29 is 23.8 Å². The highest BCUT2D eigenvalue weighted by molar-refractivity contribution is 7.98. The summed E-state index contributed by atoms with van der Waals surface area (Å²) < 4.78 is 17.7. The molecule has 1 aromatic rings. The monoisotopic (exact) mass is 456 g/mol. The summed E-state index contributed by atoms with van der Waals surface area (Å²) in [7, 11) is 0. The first kappa shape index (κ1) is 23.2. The Labute approximate surface area is 194 Å². The van der Waals surface area contributed by atoms with Gasteiger partial charge in [-0.2, -0.15) is 0 Å². The van der Waals surface area contributed by atoms with E-state index in [4.69, 9.17) is 20.6 Å². The minimum Gasteiger partial charge on any atom is -0.445 e. The lowest BCUT2D eigenvalue weighted by molar-refractivity contribution is -0.173. The van der Waals surface area contributed by atoms with Gasteiger partial charge in [0.05, 0.1) is 12.0 Å². The van der Waals surface area contributed by atoms with E-state index in [0.29, 0.717) is 29.9 Å². The summed E-state index contributed by atoms with van der Waals surface area (Å²) in [6, 6.07) is 6.00. The fraction of sp³-hybridized carbons (Fsp3) is 0.615. The molecule has 4 rings (SSSR count). The maximum absolute atomic E-state index is 12.0. The van der Waals surface area contributed by atoms with Crippen LogP contribution in [0, 0.1) is 29.6 Å². The molecule has 0 aromatic heterocycles. The molecule has 0 heterocycles. The summed E-state index contributed by atoms with van der Waals surface area (Å²) in [5, 5.41) is 0. The topological polar surface area (TPSA) is 61.8 Å². The van der Waals surface area contributed by atoms with E-state index in [1.54, 1.807) is 11.8 Å². The van der Waals surface area contributed by atoms with Gasteiger partial charge in [0.25, 0.3) is 0 Å². The molecule has 1 aromatic carbocycles. The Morgan fingerprint density at radius 2 is 2.03 bits per heavy atom. The zero-order valence-electron chi connectivity index (χ0n) is 19.3. The van der Waals surface area contributed by atoms with Crippen LogP contribution in [0.25, 0.3) is 0 Å². The number of hydrogen-bond acceptors (Lipinski definition) is 6. The van der Waals surface area contributed by atoms with Crippen LogP contribution in [0.15, 0.2) is 18.2 Å². The van der Waals surface area contributed by atoms with Crippen molar-refractivity contribution in [3.8, 4) is 18.1 Å². The van der Waals surface area contributed by atoms with E-state index < -0.39 is 5.60 Å². The number of esters is 2. The normalized spacial score (nSPS) is 35.1. The Morgan fingerprint density at radius 3 is 2.69 bits per heavy atom. The van der Waals surface area contributed by atoms with Crippen molar-refractivity contribution in [2.75, 3.05) is 12.2 Å². The number of hydrogen-bond donors (Lipinski definition) is 0. The van der Waals surface area contributed by atoms with Crippen LogP contribution in [-0.4, -0.2) is 35.8 Å². The van der Waals surface area contributed by atoms with Crippen molar-refractivity contribution in [1.29, 1.82) is 0 Å². The van der Waals surface area contributed by atoms with Crippen LogP contribution < -0.4 is 4.74 Å². The van der Waals surface area contributed by atoms with Gasteiger partial charge in [0, 0.05) is 25.2 Å². The first-order chi connectivity index (χ1) is 15.2. The summed E-state index contributed by atoms with van der Waals surface area (Å²) in [6.07, 6.45) is 12.4. The molecule has 0 amide bonds. The molecule has 5 nitrogen and oxygen atoms in total. The summed E-state index contributed by atoms with van der Waals surface area (Å²) in [5.41, 5.74) is 1.31. The van der Waals surface area contributed by atoms with Gasteiger partial charge in [-0.15, -0.1) is 18.2 Å². The first-order valence-electron chi connectivity index (χ1n) is 11.3. The Hall–Kier alpha value is -1.97. The molecule has 0 bridgehead atoms. The van der Waals surface area contributed by atoms with Gasteiger partial charge >= 0.3 is 11.9 Å². The molecule has 0 radical (unpaired) electrons. The molecule has 6 atom stereocenters. The lowest BCUT2D eigenvalue weighted by Gasteiger charge is -2.55. The third-order valence-electron chi connectivity index (χ3n) is 7.99. The van der Waals surface area contributed by atoms with Gasteiger partial charge in [0.2, 0.25) is 0 Å². The molecule has 2 fully saturated rings. The fourth-order valence-electron chi connectivity index (χ4n) is 6.82. The molecule has 6 unspecified atom stereocenters. The van der Waals surface area contributed by atoms with Gasteiger partial charge in [-0.1, -0.05) is 18.9 Å². The van der Waals surface area contributed by atoms with E-state index in [1.165, 1.54) is 25.0 Å². The summed E-state index contributed by atoms with van der Waals surface area (Å²) >= 11 is 1.66. The van der Waals surface area contributed by atoms with Crippen LogP contribution in [-0.2, 0) is 25.5 Å². The van der Waals surface area contributed by atoms with Crippen molar-refractivity contribution in [3.05, 3.63) is 29.3 Å². The summed E-state index contributed by atoms with van der Waals surface area (Å²) in [4.78, 5) is 23.4. The second-order valence-corrected chi connectivity index (χ2v) is 10.4. The van der Waals surface area contributed by atoms with Gasteiger partial charge in [-0.25, -0.2) is 0 Å². The predicted octanol–water partition coefficient (Wildman–Crippen LogP) is 4.72. The maximum Gasteiger partial charge on any atom is 0.308 e. The molecule has 0 aliphatic heterocycles. The minimum absolute atomic E-state index is 0.0197. The zero-order chi connectivity index (χ0) is 23.1. The van der Waals surface area contributed by atoms with E-state index in [1.807, 2.05) is 18.4 Å². The quantitative estimate of drug-likeness (QED) is 0.277. The Bertz CT molecular complexity index is 952. The zero-order valence-corrected chi connectivity index (χ0v) is 20.1. The molecule has 3 aliphatic carbocycles. The molecular formula is C26H32O5S. The highest BCUT2D eigenvalue weighted by atomic mass is 32.2. The standard InChI is InChI=1S/C26H32O5S/c1-6-26(31-17(3)28)12-11-22-21-9-7-18-13-19(30-16(2)27)8-10-20(18)24(21)23(29-15-32-5)14-25(22,26)4/h1,8,10,13,21-24H,7,9,11-12,14-15H2,2-5H3. The number of thioether (sulfide) groups is 1. The van der Waals surface area contributed by atoms with Crippen molar-refractivity contribution in [3.63, 3.8) is 0 Å². The van der Waals surface area contributed by atoms with Crippen LogP contribution in [0.3, 0.4) is 0 Å². The number of terminal acetylenes is 1. The highest BCUT2D eigenvalue weighted by Crippen LogP contribution is 2.65. The molecule has 2 saturated carbocycles. The minimum atomic E-state index is -0.880. The molecule has 172 valence electrons. The maximum atomic E-state index is 12.0. The van der Waals surface area contributed by atoms with Crippen molar-refractivity contribution in [1.82, 2.24) is 0 Å². The highest BCUT2D eigenvalue weighted by Gasteiger charge is 2.66. The summed E-state index contributed by atoms with van der Waals surface area (Å²) in [5.74, 6) is 4.50. The van der Waals surface area contributed by atoms with Crippen LogP contribution in [0.2, 0.25) is 0 Å². The fourth-order valence-corrected chi connectivity index (χ4v) is 7.13. The molecule has 6 heteroatoms. The molecule has 32 heavy (non-hydrogen) atoms. The molecule has 0 saturated heterocycles. The molecule has 0 N–H and O–H groups in total. The number of aryl methyl sites for hydroxylation is 1. The second kappa shape index (κ2) is 8.76. The molecular weight excluding hydrogens is 424 g/mol. The number of carbonyl (C=O) groups excluding carboxylic acids is 2. The SMILES string of the molecule is C#CC1(OC(C)=O)CCC2C3CCc4cc(OC(C)=O)ccc4C3C(OCSC)CC21C. The van der Waals surface area contributed by atoms with E-state index >= 15 is 0 Å². The largest absolute Gasteiger partial charge is 0.445 e. The Morgan fingerprint density at radius 1 is 1.25 bits per heavy atom. The Kier molecular flexibility index (Phi) is 6.35. The predicted molar refractivity (Wildman–Crippen MR) is 124 cm³/mol. The van der Waals surface area contributed by atoms with E-state index in [-0.39, 0.29) is 29.4 Å². The van der Waals surface area contributed by atoms with E-state index in [2.05, 4.69) is 18.9 Å². The number of fused-ring (bicyclic) bond motifs is 5. The van der Waals surface area contributed by atoms with Crippen LogP contribution in [0.4, 0.5) is 0 Å². The number of benzene rings is 1. The third kappa shape index (κ3) is 3.74. The molecule has 0 spiro atoms. The Balaban J connectivity index is 1.74. The van der Waals surface area contributed by atoms with Gasteiger partial charge in [0.1, 0.15) is 5.75 Å². The lowest BCUT2D eigenvalue weighted by Crippen LogP contribution is -2.56. The van der Waals surface area contributed by atoms with Crippen LogP contribution in [0.5, 0.6) is 5.75 Å². The van der Waals surface area contributed by atoms with Crippen molar-refractivity contribution in [2.45, 2.75) is 70.5 Å². The smallest absolute Gasteiger partial charge is 0.308 e. The average Bonchev–Trinajstić information content (AvgIpc) is 3.02. The lowest BCUT2D eigenvalue weighted by atomic mass is 9.52. The molecule has 3 aliphatic rings. The van der Waals surface area contributed by atoms with E-state index in [9.17, 15) is 9.59 Å². The van der Waals surface area contributed by atoms with Crippen molar-refractivity contribution >= 4 is 23.7 Å². The summed E-state index contributed by atoms with van der Waals surface area (Å²) in [6.45, 7) is 5.07. The van der Waals surface area contributed by atoms with Crippen LogP contribution in [0.1, 0.15) is 63.5 Å². The van der Waals surface area contributed by atoms with E-state index in [0.717, 1.165) is 25.7 Å². The van der Waals surface area contributed by atoms with Crippen molar-refractivity contribution in [2.24, 2.45) is 17.3 Å². The van der Waals surface area contributed by atoms with Gasteiger partial charge in [0.15, 0.2) is 5.60 Å². The number of ether oxygens (including phenoxy) is 3. The van der Waals surface area contributed by atoms with Gasteiger partial charge in [-0.05, 0) is 73.5 Å². The van der Waals surface area contributed by atoms with Gasteiger partial charge in [-0.3, -0.25) is 9.59 Å². The third-order valence-corrected chi connectivity index (χ3v) is 8.36. The first-order valence-corrected chi connectivity index (χ1v) is 12.7. The number of carbonyl (C=O) groups is 2. The number of rotatable bonds is 5. The van der Waals surface area contributed by atoms with Crippen LogP contribution >= 0.6 is 11.8 Å². The average molecular weight is 457 g/mol. The van der Waals surface area contributed by atoms with Gasteiger partial charge < -0.3 is 14.2 Å². The second-order valence-electron chi connectivity index (χ2n) is 9.63.